The van der Waals surface area contributed by atoms with E-state index in [0.29, 0.717) is 10.5 Å². The molecule has 2 unspecified atom stereocenters. The van der Waals surface area contributed by atoms with Gasteiger partial charge in [0.2, 0.25) is 0 Å². The molecule has 2 atom stereocenters. The summed E-state index contributed by atoms with van der Waals surface area (Å²) in [5.74, 6) is -0.236. The number of rotatable bonds is 1. The van der Waals surface area contributed by atoms with Crippen molar-refractivity contribution in [2.24, 2.45) is 0 Å². The molecule has 1 aromatic rings. The Labute approximate surface area is 99.1 Å². The van der Waals surface area contributed by atoms with Crippen LogP contribution in [0.3, 0.4) is 0 Å². The largest absolute Gasteiger partial charge is 0.385 e. The Morgan fingerprint density at radius 1 is 1.12 bits per heavy atom. The summed E-state index contributed by atoms with van der Waals surface area (Å²) in [5, 5.41) is 11.9. The second kappa shape index (κ2) is 3.74. The van der Waals surface area contributed by atoms with E-state index in [1.54, 1.807) is 12.1 Å². The van der Waals surface area contributed by atoms with Crippen molar-refractivity contribution in [3.8, 4) is 0 Å². The third-order valence-electron chi connectivity index (χ3n) is 3.71. The summed E-state index contributed by atoms with van der Waals surface area (Å²) in [5.41, 5.74) is 0.163. The van der Waals surface area contributed by atoms with Crippen LogP contribution in [0, 0.1) is 5.82 Å². The van der Waals surface area contributed by atoms with Gasteiger partial charge in [-0.2, -0.15) is 11.8 Å². The fraction of sp³-hybridized carbons (Fsp3) is 0.538. The van der Waals surface area contributed by atoms with E-state index in [4.69, 9.17) is 0 Å². The lowest BCUT2D eigenvalue weighted by Crippen LogP contribution is -2.34. The first-order valence-electron chi connectivity index (χ1n) is 5.80. The van der Waals surface area contributed by atoms with Crippen LogP contribution in [-0.2, 0) is 5.60 Å². The number of halogens is 1. The molecule has 0 saturated carbocycles. The van der Waals surface area contributed by atoms with Crippen LogP contribution < -0.4 is 0 Å². The Hall–Kier alpha value is -0.540. The fourth-order valence-electron chi connectivity index (χ4n) is 2.91. The summed E-state index contributed by atoms with van der Waals surface area (Å²) < 4.78 is 12.9. The van der Waals surface area contributed by atoms with E-state index in [9.17, 15) is 9.50 Å². The van der Waals surface area contributed by atoms with Crippen molar-refractivity contribution in [1.82, 2.24) is 0 Å². The molecule has 0 aromatic heterocycles. The summed E-state index contributed by atoms with van der Waals surface area (Å²) in [6.45, 7) is 0. The molecule has 0 amide bonds. The zero-order valence-corrected chi connectivity index (χ0v) is 9.84. The van der Waals surface area contributed by atoms with Gasteiger partial charge >= 0.3 is 0 Å². The highest BCUT2D eigenvalue weighted by atomic mass is 32.2. The summed E-state index contributed by atoms with van der Waals surface area (Å²) in [7, 11) is 0. The van der Waals surface area contributed by atoms with Crippen LogP contribution in [-0.4, -0.2) is 15.6 Å². The molecule has 3 rings (SSSR count). The summed E-state index contributed by atoms with van der Waals surface area (Å²) in [6, 6.07) is 6.34. The highest BCUT2D eigenvalue weighted by Crippen LogP contribution is 2.51. The summed E-state index contributed by atoms with van der Waals surface area (Å²) in [4.78, 5) is 0. The van der Waals surface area contributed by atoms with Crippen molar-refractivity contribution < 1.29 is 9.50 Å². The average molecular weight is 238 g/mol. The lowest BCUT2D eigenvalue weighted by Gasteiger charge is -2.36. The predicted molar refractivity (Wildman–Crippen MR) is 63.9 cm³/mol. The number of hydrogen-bond donors (Lipinski definition) is 1. The normalized spacial score (nSPS) is 37.6. The van der Waals surface area contributed by atoms with Gasteiger partial charge in [0.15, 0.2) is 0 Å². The van der Waals surface area contributed by atoms with Gasteiger partial charge in [-0.3, -0.25) is 0 Å². The molecule has 2 heterocycles. The standard InChI is InChI=1S/C13H15FOS/c14-10-3-1-9(2-4-10)13(15)7-11-5-6-12(8-13)16-11/h1-4,11-12,15H,5-8H2. The van der Waals surface area contributed by atoms with Crippen molar-refractivity contribution in [2.45, 2.75) is 41.8 Å². The zero-order chi connectivity index (χ0) is 11.2. The van der Waals surface area contributed by atoms with Crippen LogP contribution in [0.1, 0.15) is 31.2 Å². The Kier molecular flexibility index (Phi) is 2.48. The number of thioether (sulfide) groups is 1. The summed E-state index contributed by atoms with van der Waals surface area (Å²) >= 11 is 2.02. The molecule has 0 aliphatic carbocycles. The van der Waals surface area contributed by atoms with Crippen LogP contribution in [0.15, 0.2) is 24.3 Å². The van der Waals surface area contributed by atoms with Gasteiger partial charge in [0.05, 0.1) is 5.60 Å². The first-order chi connectivity index (χ1) is 7.66. The minimum absolute atomic E-state index is 0.236. The number of aliphatic hydroxyl groups is 1. The van der Waals surface area contributed by atoms with Gasteiger partial charge in [-0.25, -0.2) is 4.39 Å². The molecule has 1 N–H and O–H groups in total. The Bertz CT molecular complexity index is 377. The lowest BCUT2D eigenvalue weighted by atomic mass is 9.86. The quantitative estimate of drug-likeness (QED) is 0.811. The third-order valence-corrected chi connectivity index (χ3v) is 5.28. The number of benzene rings is 1. The van der Waals surface area contributed by atoms with Crippen molar-refractivity contribution in [2.75, 3.05) is 0 Å². The van der Waals surface area contributed by atoms with E-state index in [-0.39, 0.29) is 5.82 Å². The second-order valence-electron chi connectivity index (χ2n) is 4.90. The molecule has 2 aliphatic heterocycles. The maximum Gasteiger partial charge on any atom is 0.123 e. The molecular weight excluding hydrogens is 223 g/mol. The Morgan fingerprint density at radius 2 is 1.69 bits per heavy atom. The van der Waals surface area contributed by atoms with Gasteiger partial charge < -0.3 is 5.11 Å². The van der Waals surface area contributed by atoms with Gasteiger partial charge in [0.25, 0.3) is 0 Å². The molecule has 0 spiro atoms. The first kappa shape index (κ1) is 10.6. The monoisotopic (exact) mass is 238 g/mol. The van der Waals surface area contributed by atoms with Gasteiger partial charge in [-0.05, 0) is 43.4 Å². The third kappa shape index (κ3) is 1.76. The van der Waals surface area contributed by atoms with E-state index < -0.39 is 5.60 Å². The van der Waals surface area contributed by atoms with Crippen LogP contribution in [0.5, 0.6) is 0 Å². The van der Waals surface area contributed by atoms with E-state index >= 15 is 0 Å². The minimum Gasteiger partial charge on any atom is -0.385 e. The van der Waals surface area contributed by atoms with Crippen molar-refractivity contribution in [3.05, 3.63) is 35.6 Å². The van der Waals surface area contributed by atoms with Crippen molar-refractivity contribution >= 4 is 11.8 Å². The highest BCUT2D eigenvalue weighted by Gasteiger charge is 2.44. The molecule has 1 aromatic carbocycles. The zero-order valence-electron chi connectivity index (χ0n) is 9.03. The Balaban J connectivity index is 1.90. The molecule has 2 bridgehead atoms. The lowest BCUT2D eigenvalue weighted by molar-refractivity contribution is 0.0196. The van der Waals surface area contributed by atoms with Crippen LogP contribution >= 0.6 is 11.8 Å². The molecular formula is C13H15FOS. The van der Waals surface area contributed by atoms with Crippen LogP contribution in [0.25, 0.3) is 0 Å². The molecule has 3 heteroatoms. The molecule has 2 fully saturated rings. The molecule has 1 nitrogen and oxygen atoms in total. The number of fused-ring (bicyclic) bond motifs is 2. The van der Waals surface area contributed by atoms with Gasteiger partial charge in [-0.15, -0.1) is 0 Å². The predicted octanol–water partition coefficient (Wildman–Crippen LogP) is 3.07. The molecule has 86 valence electrons. The van der Waals surface area contributed by atoms with Crippen molar-refractivity contribution in [1.29, 1.82) is 0 Å². The fourth-order valence-corrected chi connectivity index (χ4v) is 4.75. The molecule has 0 radical (unpaired) electrons. The Morgan fingerprint density at radius 3 is 2.25 bits per heavy atom. The molecule has 2 saturated heterocycles. The summed E-state index contributed by atoms with van der Waals surface area (Å²) in [6.07, 6.45) is 4.08. The van der Waals surface area contributed by atoms with E-state index in [2.05, 4.69) is 0 Å². The molecule has 16 heavy (non-hydrogen) atoms. The van der Waals surface area contributed by atoms with Crippen LogP contribution in [0.4, 0.5) is 4.39 Å². The maximum atomic E-state index is 12.9. The van der Waals surface area contributed by atoms with E-state index in [0.717, 1.165) is 18.4 Å². The van der Waals surface area contributed by atoms with E-state index in [1.807, 2.05) is 11.8 Å². The minimum atomic E-state index is -0.717. The van der Waals surface area contributed by atoms with Gasteiger partial charge in [0.1, 0.15) is 5.82 Å². The topological polar surface area (TPSA) is 20.2 Å². The SMILES string of the molecule is OC1(c2ccc(F)cc2)CC2CCC(C1)S2. The smallest absolute Gasteiger partial charge is 0.123 e. The maximum absolute atomic E-state index is 12.9. The van der Waals surface area contributed by atoms with Gasteiger partial charge in [-0.1, -0.05) is 12.1 Å². The second-order valence-corrected chi connectivity index (χ2v) is 6.51. The van der Waals surface area contributed by atoms with Gasteiger partial charge in [0, 0.05) is 10.5 Å². The van der Waals surface area contributed by atoms with E-state index in [1.165, 1.54) is 25.0 Å². The van der Waals surface area contributed by atoms with Crippen LogP contribution in [0.2, 0.25) is 0 Å². The first-order valence-corrected chi connectivity index (χ1v) is 6.74. The number of hydrogen-bond acceptors (Lipinski definition) is 2. The molecule has 2 aliphatic rings. The highest BCUT2D eigenvalue weighted by molar-refractivity contribution is 8.00. The average Bonchev–Trinajstić information content (AvgIpc) is 2.59. The van der Waals surface area contributed by atoms with Crippen molar-refractivity contribution in [3.63, 3.8) is 0 Å².